The number of furan rings is 1. The van der Waals surface area contributed by atoms with E-state index in [0.29, 0.717) is 0 Å². The summed E-state index contributed by atoms with van der Waals surface area (Å²) in [6, 6.07) is 61.6. The molecule has 0 saturated heterocycles. The maximum Gasteiger partial charge on any atom is 0.143 e. The van der Waals surface area contributed by atoms with Gasteiger partial charge in [-0.15, -0.1) is 0 Å². The molecule has 0 saturated carbocycles. The standard InChI is InChI=1S/C46H28O/c1-2-11-29(12-3-1)33-24-25-38-41(28-33)43(34-22-21-30-13-4-5-15-32(30)27-34)36-17-8-9-18-37(36)44(38)39-19-10-20-42-45(39)40-26-23-31-14-6-7-16-35(31)46(40)47-42/h1-28H. The molecule has 1 heteroatoms. The van der Waals surface area contributed by atoms with E-state index in [2.05, 4.69) is 170 Å². The van der Waals surface area contributed by atoms with Crippen molar-refractivity contribution in [2.24, 2.45) is 0 Å². The molecule has 0 unspecified atom stereocenters. The molecule has 1 aromatic heterocycles. The fourth-order valence-electron chi connectivity index (χ4n) is 7.70. The molecule has 47 heavy (non-hydrogen) atoms. The van der Waals surface area contributed by atoms with Gasteiger partial charge in [-0.2, -0.15) is 0 Å². The summed E-state index contributed by atoms with van der Waals surface area (Å²) in [5, 5.41) is 12.1. The Morgan fingerprint density at radius 2 is 0.957 bits per heavy atom. The highest BCUT2D eigenvalue weighted by Gasteiger charge is 2.21. The lowest BCUT2D eigenvalue weighted by Crippen LogP contribution is -1.92. The molecule has 0 atom stereocenters. The van der Waals surface area contributed by atoms with Gasteiger partial charge in [0.15, 0.2) is 0 Å². The summed E-state index contributed by atoms with van der Waals surface area (Å²) in [7, 11) is 0. The molecular formula is C46H28O. The Balaban J connectivity index is 1.36. The molecule has 10 aromatic rings. The van der Waals surface area contributed by atoms with Crippen molar-refractivity contribution in [3.05, 3.63) is 170 Å². The van der Waals surface area contributed by atoms with Crippen LogP contribution in [0.15, 0.2) is 174 Å². The Kier molecular flexibility index (Phi) is 5.64. The van der Waals surface area contributed by atoms with Crippen LogP contribution in [0.25, 0.3) is 98.4 Å². The average molecular weight is 597 g/mol. The first kappa shape index (κ1) is 26.1. The lowest BCUT2D eigenvalue weighted by Gasteiger charge is -2.19. The van der Waals surface area contributed by atoms with E-state index in [1.54, 1.807) is 0 Å². The normalized spacial score (nSPS) is 11.8. The SMILES string of the molecule is c1ccc(-c2ccc3c(-c4cccc5oc6c7ccccc7ccc6c45)c4ccccc4c(-c4ccc5ccccc5c4)c3c2)cc1. The molecule has 0 fully saturated rings. The number of hydrogen-bond donors (Lipinski definition) is 0. The monoisotopic (exact) mass is 596 g/mol. The first-order chi connectivity index (χ1) is 23.3. The van der Waals surface area contributed by atoms with E-state index in [1.807, 2.05) is 0 Å². The minimum absolute atomic E-state index is 0.908. The lowest BCUT2D eigenvalue weighted by molar-refractivity contribution is 0.673. The van der Waals surface area contributed by atoms with Gasteiger partial charge in [0.25, 0.3) is 0 Å². The Labute approximate surface area is 271 Å². The third kappa shape index (κ3) is 3.97. The summed E-state index contributed by atoms with van der Waals surface area (Å²) in [4.78, 5) is 0. The van der Waals surface area contributed by atoms with E-state index in [9.17, 15) is 0 Å². The molecule has 1 heterocycles. The van der Waals surface area contributed by atoms with Gasteiger partial charge in [-0.1, -0.05) is 146 Å². The molecule has 0 aliphatic heterocycles. The minimum Gasteiger partial charge on any atom is -0.455 e. The number of rotatable bonds is 3. The molecule has 0 aliphatic rings. The molecule has 218 valence electrons. The van der Waals surface area contributed by atoms with Crippen molar-refractivity contribution < 1.29 is 4.42 Å². The van der Waals surface area contributed by atoms with Crippen molar-refractivity contribution in [3.8, 4) is 33.4 Å². The summed E-state index contributed by atoms with van der Waals surface area (Å²) in [5.41, 5.74) is 9.18. The van der Waals surface area contributed by atoms with Gasteiger partial charge < -0.3 is 4.42 Å². The van der Waals surface area contributed by atoms with Crippen LogP contribution in [0.1, 0.15) is 0 Å². The predicted molar refractivity (Wildman–Crippen MR) is 200 cm³/mol. The lowest BCUT2D eigenvalue weighted by atomic mass is 9.83. The largest absolute Gasteiger partial charge is 0.455 e. The van der Waals surface area contributed by atoms with Gasteiger partial charge in [0, 0.05) is 16.2 Å². The van der Waals surface area contributed by atoms with Gasteiger partial charge in [0.2, 0.25) is 0 Å². The molecule has 0 radical (unpaired) electrons. The molecular weight excluding hydrogens is 569 g/mol. The molecule has 1 nitrogen and oxygen atoms in total. The third-order valence-electron chi connectivity index (χ3n) is 9.83. The second-order valence-electron chi connectivity index (χ2n) is 12.4. The zero-order chi connectivity index (χ0) is 30.9. The van der Waals surface area contributed by atoms with Crippen LogP contribution >= 0.6 is 0 Å². The molecule has 0 amide bonds. The Bertz CT molecular complexity index is 2840. The average Bonchev–Trinajstić information content (AvgIpc) is 3.54. The second-order valence-corrected chi connectivity index (χ2v) is 12.4. The van der Waals surface area contributed by atoms with Crippen LogP contribution in [-0.2, 0) is 0 Å². The summed E-state index contributed by atoms with van der Waals surface area (Å²) in [6.07, 6.45) is 0. The highest BCUT2D eigenvalue weighted by Crippen LogP contribution is 2.48. The summed E-state index contributed by atoms with van der Waals surface area (Å²) in [5.74, 6) is 0. The van der Waals surface area contributed by atoms with Crippen molar-refractivity contribution in [1.29, 1.82) is 0 Å². The smallest absolute Gasteiger partial charge is 0.143 e. The van der Waals surface area contributed by atoms with Crippen molar-refractivity contribution in [2.45, 2.75) is 0 Å². The fourth-order valence-corrected chi connectivity index (χ4v) is 7.70. The predicted octanol–water partition coefficient (Wildman–Crippen LogP) is 13.2. The van der Waals surface area contributed by atoms with E-state index in [4.69, 9.17) is 4.42 Å². The molecule has 0 spiro atoms. The van der Waals surface area contributed by atoms with Crippen LogP contribution in [0.3, 0.4) is 0 Å². The molecule has 10 rings (SSSR count). The molecule has 0 bridgehead atoms. The highest BCUT2D eigenvalue weighted by atomic mass is 16.3. The van der Waals surface area contributed by atoms with Gasteiger partial charge >= 0.3 is 0 Å². The summed E-state index contributed by atoms with van der Waals surface area (Å²) >= 11 is 0. The Morgan fingerprint density at radius 3 is 1.81 bits per heavy atom. The van der Waals surface area contributed by atoms with Crippen molar-refractivity contribution in [3.63, 3.8) is 0 Å². The minimum atomic E-state index is 0.908. The van der Waals surface area contributed by atoms with Crippen LogP contribution in [0.5, 0.6) is 0 Å². The van der Waals surface area contributed by atoms with Crippen LogP contribution in [-0.4, -0.2) is 0 Å². The van der Waals surface area contributed by atoms with Crippen LogP contribution in [0.4, 0.5) is 0 Å². The van der Waals surface area contributed by atoms with E-state index in [1.165, 1.54) is 71.1 Å². The van der Waals surface area contributed by atoms with Crippen LogP contribution in [0, 0.1) is 0 Å². The van der Waals surface area contributed by atoms with Crippen molar-refractivity contribution in [1.82, 2.24) is 0 Å². The summed E-state index contributed by atoms with van der Waals surface area (Å²) < 4.78 is 6.66. The van der Waals surface area contributed by atoms with Crippen LogP contribution < -0.4 is 0 Å². The van der Waals surface area contributed by atoms with Gasteiger partial charge in [0.05, 0.1) is 0 Å². The van der Waals surface area contributed by atoms with Crippen molar-refractivity contribution in [2.75, 3.05) is 0 Å². The van der Waals surface area contributed by atoms with Gasteiger partial charge in [-0.05, 0) is 95.3 Å². The Hall–Kier alpha value is -6.18. The fraction of sp³-hybridized carbons (Fsp3) is 0. The molecule has 0 N–H and O–H groups in total. The first-order valence-electron chi connectivity index (χ1n) is 16.2. The van der Waals surface area contributed by atoms with Gasteiger partial charge in [-0.3, -0.25) is 0 Å². The van der Waals surface area contributed by atoms with Crippen molar-refractivity contribution >= 4 is 65.0 Å². The highest BCUT2D eigenvalue weighted by molar-refractivity contribution is 6.27. The molecule has 9 aromatic carbocycles. The maximum atomic E-state index is 6.66. The van der Waals surface area contributed by atoms with Gasteiger partial charge in [-0.25, -0.2) is 0 Å². The zero-order valence-electron chi connectivity index (χ0n) is 25.6. The van der Waals surface area contributed by atoms with Gasteiger partial charge in [0.1, 0.15) is 11.2 Å². The zero-order valence-corrected chi connectivity index (χ0v) is 25.6. The van der Waals surface area contributed by atoms with E-state index in [-0.39, 0.29) is 0 Å². The molecule has 0 aliphatic carbocycles. The summed E-state index contributed by atoms with van der Waals surface area (Å²) in [6.45, 7) is 0. The van der Waals surface area contributed by atoms with E-state index < -0.39 is 0 Å². The topological polar surface area (TPSA) is 13.1 Å². The maximum absolute atomic E-state index is 6.66. The van der Waals surface area contributed by atoms with E-state index >= 15 is 0 Å². The van der Waals surface area contributed by atoms with Crippen LogP contribution in [0.2, 0.25) is 0 Å². The number of fused-ring (bicyclic) bond motifs is 8. The number of benzene rings is 9. The van der Waals surface area contributed by atoms with E-state index in [0.717, 1.165) is 27.3 Å². The third-order valence-corrected chi connectivity index (χ3v) is 9.83. The first-order valence-corrected chi connectivity index (χ1v) is 16.2. The quantitative estimate of drug-likeness (QED) is 0.185. The number of hydrogen-bond acceptors (Lipinski definition) is 1. The Morgan fingerprint density at radius 1 is 0.319 bits per heavy atom. The second kappa shape index (κ2) is 10.2.